The molecule has 1 aromatic heterocycles. The molecule has 1 aliphatic rings. The van der Waals surface area contributed by atoms with E-state index in [-0.39, 0.29) is 18.7 Å². The van der Waals surface area contributed by atoms with E-state index in [0.717, 1.165) is 34.7 Å². The van der Waals surface area contributed by atoms with Crippen LogP contribution >= 0.6 is 0 Å². The Labute approximate surface area is 184 Å². The highest BCUT2D eigenvalue weighted by Crippen LogP contribution is 2.40. The number of hydrogen-bond acceptors (Lipinski definition) is 3. The standard InChI is InChI=1S/C25H24F2N2O3/c1-4-11-32-24(31)18-13-29(23(30)17-12-15(26)9-10-19(17)27)14-25(2,3)21-16-7-5-6-8-20(16)28-22(18)21/h5-10,12-13,28H,4,11,14H2,1-3H3. The van der Waals surface area contributed by atoms with Gasteiger partial charge in [-0.15, -0.1) is 0 Å². The zero-order valence-electron chi connectivity index (χ0n) is 18.2. The maximum absolute atomic E-state index is 14.4. The van der Waals surface area contributed by atoms with Gasteiger partial charge < -0.3 is 14.6 Å². The van der Waals surface area contributed by atoms with Crippen molar-refractivity contribution in [2.45, 2.75) is 32.6 Å². The van der Waals surface area contributed by atoms with Crippen LogP contribution < -0.4 is 0 Å². The van der Waals surface area contributed by atoms with Crippen molar-refractivity contribution in [3.05, 3.63) is 77.1 Å². The summed E-state index contributed by atoms with van der Waals surface area (Å²) in [5, 5.41) is 0.924. The van der Waals surface area contributed by atoms with E-state index in [4.69, 9.17) is 4.74 Å². The van der Waals surface area contributed by atoms with E-state index in [1.54, 1.807) is 0 Å². The van der Waals surface area contributed by atoms with Crippen LogP contribution in [0.25, 0.3) is 16.5 Å². The van der Waals surface area contributed by atoms with Gasteiger partial charge in [-0.1, -0.05) is 39.0 Å². The number of aromatic amines is 1. The number of benzene rings is 2. The minimum absolute atomic E-state index is 0.154. The number of ether oxygens (including phenoxy) is 1. The van der Waals surface area contributed by atoms with Crippen molar-refractivity contribution in [3.63, 3.8) is 0 Å². The van der Waals surface area contributed by atoms with Crippen LogP contribution in [0.1, 0.15) is 48.8 Å². The molecule has 166 valence electrons. The number of hydrogen-bond donors (Lipinski definition) is 1. The highest BCUT2D eigenvalue weighted by atomic mass is 19.1. The molecule has 0 unspecified atom stereocenters. The fourth-order valence-corrected chi connectivity index (χ4v) is 4.19. The first-order chi connectivity index (χ1) is 15.2. The average molecular weight is 438 g/mol. The van der Waals surface area contributed by atoms with Crippen LogP contribution in [-0.4, -0.2) is 34.9 Å². The molecule has 0 fully saturated rings. The summed E-state index contributed by atoms with van der Waals surface area (Å²) < 4.78 is 33.5. The van der Waals surface area contributed by atoms with E-state index < -0.39 is 34.5 Å². The maximum Gasteiger partial charge on any atom is 0.341 e. The van der Waals surface area contributed by atoms with Crippen molar-refractivity contribution < 1.29 is 23.1 Å². The summed E-state index contributed by atoms with van der Waals surface area (Å²) in [7, 11) is 0. The summed E-state index contributed by atoms with van der Waals surface area (Å²) in [4.78, 5) is 30.8. The number of carbonyl (C=O) groups is 2. The predicted molar refractivity (Wildman–Crippen MR) is 118 cm³/mol. The molecule has 2 heterocycles. The molecular weight excluding hydrogens is 414 g/mol. The van der Waals surface area contributed by atoms with Gasteiger partial charge in [0.15, 0.2) is 0 Å². The Balaban J connectivity index is 1.89. The Morgan fingerprint density at radius 3 is 2.66 bits per heavy atom. The number of para-hydroxylation sites is 1. The van der Waals surface area contributed by atoms with Crippen LogP contribution in [-0.2, 0) is 14.9 Å². The molecule has 0 radical (unpaired) electrons. The second-order valence-corrected chi connectivity index (χ2v) is 8.54. The average Bonchev–Trinajstić information content (AvgIpc) is 3.11. The van der Waals surface area contributed by atoms with Gasteiger partial charge in [-0.05, 0) is 36.2 Å². The van der Waals surface area contributed by atoms with Gasteiger partial charge in [0, 0.05) is 29.1 Å². The molecule has 7 heteroatoms. The minimum Gasteiger partial charge on any atom is -0.462 e. The molecule has 0 spiro atoms. The number of halogens is 2. The summed E-state index contributed by atoms with van der Waals surface area (Å²) >= 11 is 0. The molecular formula is C25H24F2N2O3. The molecule has 2 aromatic carbocycles. The predicted octanol–water partition coefficient (Wildman–Crippen LogP) is 5.17. The third-order valence-electron chi connectivity index (χ3n) is 5.58. The number of rotatable bonds is 4. The normalized spacial score (nSPS) is 15.2. The molecule has 0 saturated heterocycles. The summed E-state index contributed by atoms with van der Waals surface area (Å²) in [6.07, 6.45) is 2.02. The van der Waals surface area contributed by atoms with Gasteiger partial charge in [0.25, 0.3) is 5.91 Å². The van der Waals surface area contributed by atoms with Gasteiger partial charge in [0.05, 0.1) is 23.4 Å². The number of nitrogens with one attached hydrogen (secondary N) is 1. The lowest BCUT2D eigenvalue weighted by molar-refractivity contribution is -0.136. The van der Waals surface area contributed by atoms with Gasteiger partial charge in [-0.25, -0.2) is 13.6 Å². The van der Waals surface area contributed by atoms with Crippen LogP contribution in [0, 0.1) is 11.6 Å². The van der Waals surface area contributed by atoms with E-state index in [9.17, 15) is 18.4 Å². The summed E-state index contributed by atoms with van der Waals surface area (Å²) in [6.45, 7) is 6.16. The van der Waals surface area contributed by atoms with Crippen LogP contribution in [0.15, 0.2) is 48.7 Å². The molecule has 1 aliphatic heterocycles. The fourth-order valence-electron chi connectivity index (χ4n) is 4.19. The van der Waals surface area contributed by atoms with E-state index in [1.807, 2.05) is 45.0 Å². The fraction of sp³-hybridized carbons (Fsp3) is 0.280. The second-order valence-electron chi connectivity index (χ2n) is 8.54. The topological polar surface area (TPSA) is 62.4 Å². The zero-order valence-corrected chi connectivity index (χ0v) is 18.2. The Bertz CT molecular complexity index is 1240. The Morgan fingerprint density at radius 1 is 1.16 bits per heavy atom. The molecule has 0 bridgehead atoms. The summed E-state index contributed by atoms with van der Waals surface area (Å²) in [6, 6.07) is 10.4. The van der Waals surface area contributed by atoms with Crippen LogP contribution in [0.2, 0.25) is 0 Å². The molecule has 0 atom stereocenters. The number of esters is 1. The highest BCUT2D eigenvalue weighted by molar-refractivity contribution is 6.18. The van der Waals surface area contributed by atoms with Crippen LogP contribution in [0.5, 0.6) is 0 Å². The lowest BCUT2D eigenvalue weighted by Gasteiger charge is -2.29. The van der Waals surface area contributed by atoms with Crippen molar-refractivity contribution in [3.8, 4) is 0 Å². The largest absolute Gasteiger partial charge is 0.462 e. The molecule has 0 aliphatic carbocycles. The Morgan fingerprint density at radius 2 is 1.91 bits per heavy atom. The highest BCUT2D eigenvalue weighted by Gasteiger charge is 2.37. The Kier molecular flexibility index (Phi) is 5.59. The van der Waals surface area contributed by atoms with Crippen molar-refractivity contribution in [1.82, 2.24) is 9.88 Å². The SMILES string of the molecule is CCCOC(=O)C1=CN(C(=O)c2cc(F)ccc2F)CC(C)(C)c2c1[nH]c1ccccc21. The molecule has 4 rings (SSSR count). The molecule has 5 nitrogen and oxygen atoms in total. The molecule has 3 aromatic rings. The number of aromatic nitrogens is 1. The summed E-state index contributed by atoms with van der Waals surface area (Å²) in [5.74, 6) is -2.86. The van der Waals surface area contributed by atoms with E-state index in [2.05, 4.69) is 4.98 Å². The van der Waals surface area contributed by atoms with Gasteiger partial charge in [0.1, 0.15) is 11.6 Å². The van der Waals surface area contributed by atoms with Crippen LogP contribution in [0.4, 0.5) is 8.78 Å². The lowest BCUT2D eigenvalue weighted by Crippen LogP contribution is -2.37. The summed E-state index contributed by atoms with van der Waals surface area (Å²) in [5.41, 5.74) is 1.44. The van der Waals surface area contributed by atoms with E-state index in [0.29, 0.717) is 12.1 Å². The van der Waals surface area contributed by atoms with E-state index in [1.165, 1.54) is 11.1 Å². The van der Waals surface area contributed by atoms with E-state index >= 15 is 0 Å². The number of carbonyl (C=O) groups excluding carboxylic acids is 2. The smallest absolute Gasteiger partial charge is 0.341 e. The van der Waals surface area contributed by atoms with Crippen LogP contribution in [0.3, 0.4) is 0 Å². The quantitative estimate of drug-likeness (QED) is 0.572. The van der Waals surface area contributed by atoms with Gasteiger partial charge in [-0.3, -0.25) is 4.79 Å². The van der Waals surface area contributed by atoms with Gasteiger partial charge in [0.2, 0.25) is 0 Å². The number of H-pyrrole nitrogens is 1. The maximum atomic E-state index is 14.4. The number of amides is 1. The monoisotopic (exact) mass is 438 g/mol. The lowest BCUT2D eigenvalue weighted by atomic mass is 9.81. The van der Waals surface area contributed by atoms with Gasteiger partial charge >= 0.3 is 5.97 Å². The zero-order chi connectivity index (χ0) is 23.0. The molecule has 1 N–H and O–H groups in total. The first-order valence-corrected chi connectivity index (χ1v) is 10.5. The molecule has 1 amide bonds. The third-order valence-corrected chi connectivity index (χ3v) is 5.58. The van der Waals surface area contributed by atoms with Crippen molar-refractivity contribution in [2.75, 3.05) is 13.2 Å². The van der Waals surface area contributed by atoms with Crippen molar-refractivity contribution in [2.24, 2.45) is 0 Å². The first-order valence-electron chi connectivity index (χ1n) is 10.5. The minimum atomic E-state index is -0.828. The van der Waals surface area contributed by atoms with Crippen molar-refractivity contribution >= 4 is 28.4 Å². The van der Waals surface area contributed by atoms with Crippen molar-refractivity contribution in [1.29, 1.82) is 0 Å². The first kappa shape index (κ1) is 21.7. The number of fused-ring (bicyclic) bond motifs is 3. The third kappa shape index (κ3) is 3.79. The van der Waals surface area contributed by atoms with Gasteiger partial charge in [-0.2, -0.15) is 0 Å². The second kappa shape index (κ2) is 8.22. The Hall–Kier alpha value is -3.48. The molecule has 0 saturated carbocycles. The number of nitrogens with zero attached hydrogens (tertiary/aromatic N) is 1. The molecule has 32 heavy (non-hydrogen) atoms.